The molecule has 1 aliphatic heterocycles. The van der Waals surface area contributed by atoms with E-state index in [0.717, 1.165) is 32.3 Å². The van der Waals surface area contributed by atoms with E-state index in [0.29, 0.717) is 35.3 Å². The highest BCUT2D eigenvalue weighted by Crippen LogP contribution is 2.36. The fourth-order valence-electron chi connectivity index (χ4n) is 4.15. The molecule has 192 valence electrons. The summed E-state index contributed by atoms with van der Waals surface area (Å²) in [6, 6.07) is 19.7. The number of aliphatic imine (C=N–C) groups is 1. The molecule has 1 N–H and O–H groups in total. The molecule has 0 atom stereocenters. The first-order valence-electron chi connectivity index (χ1n) is 11.9. The molecule has 1 amide bonds. The zero-order chi connectivity index (χ0) is 26.6. The number of nitrogens with zero attached hydrogens (tertiary/aromatic N) is 3. The number of H-pyrrole nitrogens is 1. The van der Waals surface area contributed by atoms with Crippen molar-refractivity contribution >= 4 is 67.1 Å². The largest absolute Gasteiger partial charge is 0.493 e. The number of nitro groups is 1. The van der Waals surface area contributed by atoms with Gasteiger partial charge in [0, 0.05) is 35.8 Å². The maximum Gasteiger partial charge on any atom is 0.269 e. The Bertz CT molecular complexity index is 1580. The highest BCUT2D eigenvalue weighted by Gasteiger charge is 2.33. The van der Waals surface area contributed by atoms with Crippen LogP contribution in [0.2, 0.25) is 0 Å². The van der Waals surface area contributed by atoms with Gasteiger partial charge in [-0.3, -0.25) is 19.8 Å². The number of benzene rings is 3. The second-order valence-corrected chi connectivity index (χ2v) is 10.3. The summed E-state index contributed by atoms with van der Waals surface area (Å²) < 4.78 is 6.40. The molecule has 2 heterocycles. The topological polar surface area (TPSA) is 101 Å². The van der Waals surface area contributed by atoms with Crippen LogP contribution in [0.5, 0.6) is 5.75 Å². The van der Waals surface area contributed by atoms with E-state index in [9.17, 15) is 14.9 Å². The van der Waals surface area contributed by atoms with Crippen LogP contribution in [-0.4, -0.2) is 39.0 Å². The van der Waals surface area contributed by atoms with Gasteiger partial charge in [-0.05, 0) is 88.6 Å². The Hall–Kier alpha value is -3.89. The first-order chi connectivity index (χ1) is 18.4. The van der Waals surface area contributed by atoms with Gasteiger partial charge in [0.1, 0.15) is 5.75 Å². The predicted molar refractivity (Wildman–Crippen MR) is 155 cm³/mol. The summed E-state index contributed by atoms with van der Waals surface area (Å²) >= 11 is 4.82. The summed E-state index contributed by atoms with van der Waals surface area (Å²) in [6.45, 7) is 2.91. The van der Waals surface area contributed by atoms with Crippen molar-refractivity contribution in [1.82, 2.24) is 9.88 Å². The van der Waals surface area contributed by atoms with Gasteiger partial charge < -0.3 is 9.72 Å². The fourth-order valence-corrected chi connectivity index (χ4v) is 5.68. The van der Waals surface area contributed by atoms with E-state index < -0.39 is 4.92 Å². The van der Waals surface area contributed by atoms with Gasteiger partial charge in [0.15, 0.2) is 5.17 Å². The number of hydrogen-bond donors (Lipinski definition) is 1. The van der Waals surface area contributed by atoms with Gasteiger partial charge in [-0.2, -0.15) is 0 Å². The van der Waals surface area contributed by atoms with Crippen molar-refractivity contribution < 1.29 is 14.5 Å². The number of aromatic amines is 1. The van der Waals surface area contributed by atoms with Crippen molar-refractivity contribution in [3.05, 3.63) is 104 Å². The Labute approximate surface area is 231 Å². The molecule has 1 aromatic heterocycles. The third kappa shape index (κ3) is 5.51. The molecule has 1 saturated heterocycles. The minimum Gasteiger partial charge on any atom is -0.493 e. The van der Waals surface area contributed by atoms with Crippen LogP contribution in [0.15, 0.2) is 87.3 Å². The lowest BCUT2D eigenvalue weighted by Gasteiger charge is -2.15. The minimum absolute atomic E-state index is 0.0121. The predicted octanol–water partition coefficient (Wildman–Crippen LogP) is 7.08. The Kier molecular flexibility index (Phi) is 7.62. The molecule has 0 radical (unpaired) electrons. The molecule has 1 aliphatic rings. The number of rotatable bonds is 8. The molecule has 4 aromatic rings. The van der Waals surface area contributed by atoms with Crippen molar-refractivity contribution in [1.29, 1.82) is 0 Å². The number of carbonyl (C=O) groups is 1. The Morgan fingerprint density at radius 3 is 2.68 bits per heavy atom. The number of hydrogen-bond acceptors (Lipinski definition) is 6. The first kappa shape index (κ1) is 25.7. The lowest BCUT2D eigenvalue weighted by Crippen LogP contribution is -2.31. The maximum atomic E-state index is 13.6. The zero-order valence-corrected chi connectivity index (χ0v) is 22.8. The molecule has 8 nitrogen and oxygen atoms in total. The summed E-state index contributed by atoms with van der Waals surface area (Å²) in [5.41, 5.74) is 3.53. The SMILES string of the molecule is CCOc1ccc(/C=C2\SC(=Nc3ccc([N+](=O)[O-])cc3)N(CCc3c[nH]c4ccccc34)C2=O)cc1Br. The lowest BCUT2D eigenvalue weighted by molar-refractivity contribution is -0.384. The van der Waals surface area contributed by atoms with Crippen molar-refractivity contribution in [3.63, 3.8) is 0 Å². The fraction of sp³-hybridized carbons (Fsp3) is 0.143. The van der Waals surface area contributed by atoms with Crippen LogP contribution in [0.25, 0.3) is 17.0 Å². The highest BCUT2D eigenvalue weighted by atomic mass is 79.9. The first-order valence-corrected chi connectivity index (χ1v) is 13.6. The number of nitrogens with one attached hydrogen (secondary N) is 1. The van der Waals surface area contributed by atoms with Crippen LogP contribution in [0, 0.1) is 10.1 Å². The number of carbonyl (C=O) groups excluding carboxylic acids is 1. The number of para-hydroxylation sites is 1. The van der Waals surface area contributed by atoms with Gasteiger partial charge in [-0.25, -0.2) is 4.99 Å². The van der Waals surface area contributed by atoms with E-state index >= 15 is 0 Å². The number of non-ortho nitro benzene ring substituents is 1. The van der Waals surface area contributed by atoms with Gasteiger partial charge >= 0.3 is 0 Å². The van der Waals surface area contributed by atoms with Crippen molar-refractivity contribution in [2.24, 2.45) is 4.99 Å². The molecular weight excluding hydrogens is 568 g/mol. The molecule has 1 fully saturated rings. The number of halogens is 1. The molecule has 5 rings (SSSR count). The minimum atomic E-state index is -0.450. The Balaban J connectivity index is 1.45. The molecule has 0 unspecified atom stereocenters. The molecule has 0 bridgehead atoms. The van der Waals surface area contributed by atoms with Crippen molar-refractivity contribution in [2.75, 3.05) is 13.2 Å². The van der Waals surface area contributed by atoms with Crippen LogP contribution >= 0.6 is 27.7 Å². The van der Waals surface area contributed by atoms with Gasteiger partial charge in [-0.15, -0.1) is 0 Å². The van der Waals surface area contributed by atoms with Crippen LogP contribution in [0.4, 0.5) is 11.4 Å². The number of nitro benzene ring substituents is 1. The normalized spacial score (nSPS) is 15.6. The number of ether oxygens (including phenoxy) is 1. The van der Waals surface area contributed by atoms with Crippen molar-refractivity contribution in [3.8, 4) is 5.75 Å². The van der Waals surface area contributed by atoms with Crippen LogP contribution in [0.3, 0.4) is 0 Å². The second-order valence-electron chi connectivity index (χ2n) is 8.47. The standard InChI is InChI=1S/C28H23BrN4O4S/c1-2-37-25-12-7-18(15-23(25)29)16-26-27(34)32(14-13-19-17-30-24-6-4-3-5-22(19)24)28(38-26)31-20-8-10-21(11-9-20)33(35)36/h3-12,15-17,30H,2,13-14H2,1H3/b26-16-,31-28?. The van der Waals surface area contributed by atoms with E-state index in [1.807, 2.05) is 55.6 Å². The maximum absolute atomic E-state index is 13.6. The number of fused-ring (bicyclic) bond motifs is 1. The summed E-state index contributed by atoms with van der Waals surface area (Å²) in [6.07, 6.45) is 4.45. The molecule has 0 spiro atoms. The molecule has 0 aliphatic carbocycles. The summed E-state index contributed by atoms with van der Waals surface area (Å²) in [4.78, 5) is 34.3. The number of thioether (sulfide) groups is 1. The zero-order valence-electron chi connectivity index (χ0n) is 20.4. The van der Waals surface area contributed by atoms with Crippen LogP contribution < -0.4 is 4.74 Å². The quantitative estimate of drug-likeness (QED) is 0.134. The van der Waals surface area contributed by atoms with Crippen molar-refractivity contribution in [2.45, 2.75) is 13.3 Å². The molecule has 10 heteroatoms. The average molecular weight is 591 g/mol. The van der Waals surface area contributed by atoms with E-state index in [4.69, 9.17) is 4.74 Å². The number of amidine groups is 1. The van der Waals surface area contributed by atoms with Crippen LogP contribution in [0.1, 0.15) is 18.1 Å². The lowest BCUT2D eigenvalue weighted by atomic mass is 10.1. The van der Waals surface area contributed by atoms with Gasteiger partial charge in [0.2, 0.25) is 0 Å². The third-order valence-corrected chi connectivity index (χ3v) is 7.63. The third-order valence-electron chi connectivity index (χ3n) is 6.01. The van der Waals surface area contributed by atoms with Gasteiger partial charge in [0.25, 0.3) is 11.6 Å². The monoisotopic (exact) mass is 590 g/mol. The van der Waals surface area contributed by atoms with Gasteiger partial charge in [0.05, 0.1) is 26.6 Å². The molecule has 0 saturated carbocycles. The average Bonchev–Trinajstić information content (AvgIpc) is 3.45. The smallest absolute Gasteiger partial charge is 0.269 e. The second kappa shape index (κ2) is 11.2. The molecule has 38 heavy (non-hydrogen) atoms. The summed E-state index contributed by atoms with van der Waals surface area (Å²) in [5.74, 6) is 0.598. The Morgan fingerprint density at radius 1 is 1.16 bits per heavy atom. The number of aromatic nitrogens is 1. The van der Waals surface area contributed by atoms with E-state index in [1.165, 1.54) is 23.9 Å². The highest BCUT2D eigenvalue weighted by molar-refractivity contribution is 9.10. The van der Waals surface area contributed by atoms with E-state index in [1.54, 1.807) is 17.0 Å². The summed E-state index contributed by atoms with van der Waals surface area (Å²) in [7, 11) is 0. The summed E-state index contributed by atoms with van der Waals surface area (Å²) in [5, 5.41) is 12.7. The Morgan fingerprint density at radius 2 is 1.95 bits per heavy atom. The van der Waals surface area contributed by atoms with Gasteiger partial charge in [-0.1, -0.05) is 24.3 Å². The van der Waals surface area contributed by atoms with E-state index in [2.05, 4.69) is 32.0 Å². The molecule has 3 aromatic carbocycles. The van der Waals surface area contributed by atoms with E-state index in [-0.39, 0.29) is 11.6 Å². The number of amides is 1. The molecular formula is C28H23BrN4O4S. The van der Waals surface area contributed by atoms with Crippen LogP contribution in [-0.2, 0) is 11.2 Å².